The molecular weight excluding hydrogens is 278 g/mol. The van der Waals surface area contributed by atoms with Crippen LogP contribution in [0.2, 0.25) is 0 Å². The third kappa shape index (κ3) is 1.20. The number of benzene rings is 1. The topological polar surface area (TPSA) is 41.9 Å². The highest BCUT2D eigenvalue weighted by Crippen LogP contribution is 2.62. The summed E-state index contributed by atoms with van der Waals surface area (Å²) in [5.41, 5.74) is 3.78. The minimum absolute atomic E-state index is 0.143. The lowest BCUT2D eigenvalue weighted by atomic mass is 9.57. The summed E-state index contributed by atoms with van der Waals surface area (Å²) in [4.78, 5) is 2.44. The van der Waals surface area contributed by atoms with Crippen molar-refractivity contribution in [1.82, 2.24) is 4.90 Å². The van der Waals surface area contributed by atoms with Crippen molar-refractivity contribution in [1.29, 1.82) is 0 Å². The fourth-order valence-electron chi connectivity index (χ4n) is 4.95. The number of likely N-dealkylation sites (tertiary alicyclic amines) is 1. The Bertz CT molecular complexity index is 751. The van der Waals surface area contributed by atoms with Gasteiger partial charge in [0.05, 0.1) is 12.5 Å². The number of hydrogen-bond donors (Lipinski definition) is 1. The predicted molar refractivity (Wildman–Crippen MR) is 82.1 cm³/mol. The lowest BCUT2D eigenvalue weighted by molar-refractivity contribution is 0.0735. The second-order valence-corrected chi connectivity index (χ2v) is 6.76. The number of likely N-dealkylation sites (N-methyl/N-ethyl adjacent to an activating group) is 1. The van der Waals surface area contributed by atoms with Crippen molar-refractivity contribution in [3.05, 3.63) is 46.7 Å². The molecule has 4 nitrogen and oxygen atoms in total. The Balaban J connectivity index is 1.86. The third-order valence-electron chi connectivity index (χ3n) is 5.95. The van der Waals surface area contributed by atoms with E-state index < -0.39 is 0 Å². The number of allylic oxidation sites excluding steroid dienone is 2. The van der Waals surface area contributed by atoms with Gasteiger partial charge in [0.1, 0.15) is 5.76 Å². The largest absolute Gasteiger partial charge is 0.504 e. The molecule has 22 heavy (non-hydrogen) atoms. The molecule has 0 amide bonds. The molecule has 3 atom stereocenters. The van der Waals surface area contributed by atoms with E-state index in [0.29, 0.717) is 11.8 Å². The Morgan fingerprint density at radius 1 is 1.36 bits per heavy atom. The van der Waals surface area contributed by atoms with Crippen molar-refractivity contribution >= 4 is 0 Å². The first-order valence-corrected chi connectivity index (χ1v) is 7.85. The third-order valence-corrected chi connectivity index (χ3v) is 5.95. The Hall–Kier alpha value is -1.94. The Labute approximate surface area is 129 Å². The van der Waals surface area contributed by atoms with Crippen LogP contribution in [0.4, 0.5) is 0 Å². The van der Waals surface area contributed by atoms with Crippen LogP contribution in [0.3, 0.4) is 0 Å². The molecule has 2 aliphatic carbocycles. The van der Waals surface area contributed by atoms with E-state index in [9.17, 15) is 5.11 Å². The maximum absolute atomic E-state index is 10.3. The monoisotopic (exact) mass is 297 g/mol. The predicted octanol–water partition coefficient (Wildman–Crippen LogP) is 2.12. The van der Waals surface area contributed by atoms with E-state index >= 15 is 0 Å². The van der Waals surface area contributed by atoms with E-state index in [1.165, 1.54) is 16.7 Å². The van der Waals surface area contributed by atoms with Crippen molar-refractivity contribution in [2.75, 3.05) is 20.7 Å². The van der Waals surface area contributed by atoms with Crippen molar-refractivity contribution in [3.63, 3.8) is 0 Å². The fourth-order valence-corrected chi connectivity index (χ4v) is 4.95. The number of phenolic OH excluding ortho intramolecular Hbond substituents is 1. The second-order valence-electron chi connectivity index (χ2n) is 6.76. The van der Waals surface area contributed by atoms with Crippen molar-refractivity contribution in [3.8, 4) is 11.5 Å². The lowest BCUT2D eigenvalue weighted by Gasteiger charge is -2.52. The van der Waals surface area contributed by atoms with E-state index in [4.69, 9.17) is 9.47 Å². The van der Waals surface area contributed by atoms with Crippen LogP contribution < -0.4 is 4.74 Å². The highest BCUT2D eigenvalue weighted by Gasteiger charge is 2.61. The van der Waals surface area contributed by atoms with Gasteiger partial charge in [-0.2, -0.15) is 0 Å². The van der Waals surface area contributed by atoms with Crippen molar-refractivity contribution in [2.24, 2.45) is 0 Å². The number of methoxy groups -OCH3 is 1. The maximum atomic E-state index is 10.3. The van der Waals surface area contributed by atoms with E-state index in [2.05, 4.69) is 24.1 Å². The van der Waals surface area contributed by atoms with Gasteiger partial charge < -0.3 is 14.6 Å². The molecule has 2 heterocycles. The number of piperidine rings is 1. The highest BCUT2D eigenvalue weighted by atomic mass is 16.5. The molecule has 2 aliphatic heterocycles. The number of ether oxygens (including phenoxy) is 2. The molecule has 5 rings (SSSR count). The SMILES string of the molecule is COC1=CC=C2C3Cc4ccc(O)c5c4[C@@]2(CCN3C)C1O5. The molecule has 1 fully saturated rings. The molecule has 2 bridgehead atoms. The molecule has 114 valence electrons. The molecule has 1 aromatic rings. The van der Waals surface area contributed by atoms with Crippen LogP contribution in [0.25, 0.3) is 0 Å². The molecule has 0 radical (unpaired) electrons. The van der Waals surface area contributed by atoms with Crippen LogP contribution >= 0.6 is 0 Å². The zero-order chi connectivity index (χ0) is 15.1. The van der Waals surface area contributed by atoms with Crippen LogP contribution in [-0.2, 0) is 16.6 Å². The van der Waals surface area contributed by atoms with Gasteiger partial charge in [0.15, 0.2) is 17.6 Å². The normalized spacial score (nSPS) is 34.5. The van der Waals surface area contributed by atoms with Crippen molar-refractivity contribution in [2.45, 2.75) is 30.4 Å². The molecule has 4 aliphatic rings. The van der Waals surface area contributed by atoms with Gasteiger partial charge in [-0.1, -0.05) is 12.1 Å². The molecule has 1 saturated heterocycles. The van der Waals surface area contributed by atoms with E-state index in [-0.39, 0.29) is 17.3 Å². The minimum Gasteiger partial charge on any atom is -0.504 e. The van der Waals surface area contributed by atoms with Crippen LogP contribution in [0.5, 0.6) is 11.5 Å². The van der Waals surface area contributed by atoms with E-state index in [1.54, 1.807) is 13.2 Å². The summed E-state index contributed by atoms with van der Waals surface area (Å²) < 4.78 is 11.8. The zero-order valence-electron chi connectivity index (χ0n) is 12.8. The van der Waals surface area contributed by atoms with Gasteiger partial charge in [0.2, 0.25) is 0 Å². The van der Waals surface area contributed by atoms with Gasteiger partial charge in [-0.05, 0) is 49.7 Å². The molecular formula is C18H19NO3. The Morgan fingerprint density at radius 2 is 2.23 bits per heavy atom. The first kappa shape index (κ1) is 12.6. The average molecular weight is 297 g/mol. The zero-order valence-corrected chi connectivity index (χ0v) is 12.8. The molecule has 1 aromatic carbocycles. The Morgan fingerprint density at radius 3 is 3.05 bits per heavy atom. The van der Waals surface area contributed by atoms with Crippen LogP contribution in [0.1, 0.15) is 17.5 Å². The van der Waals surface area contributed by atoms with Gasteiger partial charge >= 0.3 is 0 Å². The summed E-state index contributed by atoms with van der Waals surface area (Å²) in [7, 11) is 3.90. The summed E-state index contributed by atoms with van der Waals surface area (Å²) in [5, 5.41) is 10.3. The molecule has 1 N–H and O–H groups in total. The van der Waals surface area contributed by atoms with Gasteiger partial charge in [-0.3, -0.25) is 4.90 Å². The number of hydrogen-bond acceptors (Lipinski definition) is 4. The Kier molecular flexibility index (Phi) is 2.22. The van der Waals surface area contributed by atoms with Crippen molar-refractivity contribution < 1.29 is 14.6 Å². The first-order valence-electron chi connectivity index (χ1n) is 7.85. The van der Waals surface area contributed by atoms with Gasteiger partial charge in [-0.25, -0.2) is 0 Å². The number of aromatic hydroxyl groups is 1. The summed E-state index contributed by atoms with van der Waals surface area (Å²) in [6.07, 6.45) is 6.11. The van der Waals surface area contributed by atoms with Crippen LogP contribution in [0, 0.1) is 0 Å². The fraction of sp³-hybridized carbons (Fsp3) is 0.444. The number of nitrogens with zero attached hydrogens (tertiary/aromatic N) is 1. The molecule has 1 spiro atoms. The smallest absolute Gasteiger partial charge is 0.169 e. The lowest BCUT2D eigenvalue weighted by Crippen LogP contribution is -2.58. The van der Waals surface area contributed by atoms with E-state index in [0.717, 1.165) is 25.1 Å². The van der Waals surface area contributed by atoms with Gasteiger partial charge in [0, 0.05) is 11.6 Å². The second kappa shape index (κ2) is 3.87. The van der Waals surface area contributed by atoms with Crippen LogP contribution in [-0.4, -0.2) is 42.9 Å². The summed E-state index contributed by atoms with van der Waals surface area (Å²) in [6, 6.07) is 4.25. The highest BCUT2D eigenvalue weighted by molar-refractivity contribution is 5.67. The molecule has 2 unspecified atom stereocenters. The number of rotatable bonds is 1. The quantitative estimate of drug-likeness (QED) is 0.862. The standard InChI is InChI=1S/C18H19NO3/c1-19-8-7-18-11-4-6-14(21-2)17(18)22-16-13(20)5-3-10(15(16)18)9-12(11)19/h3-6,12,17,20H,7-9H2,1-2H3/t12?,17?,18-/m0/s1. The summed E-state index contributed by atoms with van der Waals surface area (Å²) in [6.45, 7) is 1.04. The average Bonchev–Trinajstić information content (AvgIpc) is 2.88. The molecule has 4 heteroatoms. The van der Waals surface area contributed by atoms with Crippen LogP contribution in [0.15, 0.2) is 35.6 Å². The van der Waals surface area contributed by atoms with Gasteiger partial charge in [0.25, 0.3) is 0 Å². The summed E-state index contributed by atoms with van der Waals surface area (Å²) in [5.74, 6) is 1.77. The van der Waals surface area contributed by atoms with E-state index in [1.807, 2.05) is 6.08 Å². The minimum atomic E-state index is -0.154. The molecule has 0 saturated carbocycles. The number of phenols is 1. The summed E-state index contributed by atoms with van der Waals surface area (Å²) >= 11 is 0. The first-order chi connectivity index (χ1) is 10.7. The maximum Gasteiger partial charge on any atom is 0.169 e. The molecule has 0 aromatic heterocycles. The van der Waals surface area contributed by atoms with Gasteiger partial charge in [-0.15, -0.1) is 0 Å².